The summed E-state index contributed by atoms with van der Waals surface area (Å²) in [6.45, 7) is 0.770. The van der Waals surface area contributed by atoms with Gasteiger partial charge in [-0.25, -0.2) is 4.39 Å². The van der Waals surface area contributed by atoms with Crippen LogP contribution in [0, 0.1) is 11.7 Å². The van der Waals surface area contributed by atoms with Crippen molar-refractivity contribution in [3.63, 3.8) is 0 Å². The van der Waals surface area contributed by atoms with Crippen molar-refractivity contribution < 1.29 is 9.18 Å². The Balaban J connectivity index is 1.87. The summed E-state index contributed by atoms with van der Waals surface area (Å²) in [6, 6.07) is 4.92. The molecular formula is C16H19BrFNO. The van der Waals surface area contributed by atoms with Crippen LogP contribution in [-0.4, -0.2) is 23.4 Å². The number of benzene rings is 1. The van der Waals surface area contributed by atoms with Gasteiger partial charge < -0.3 is 4.90 Å². The highest BCUT2D eigenvalue weighted by molar-refractivity contribution is 9.10. The summed E-state index contributed by atoms with van der Waals surface area (Å²) in [5.41, 5.74) is 0.200. The molecule has 0 bridgehead atoms. The molecule has 1 aliphatic heterocycles. The molecule has 0 radical (unpaired) electrons. The molecule has 0 N–H and O–H groups in total. The summed E-state index contributed by atoms with van der Waals surface area (Å²) in [6.07, 6.45) is 7.01. The topological polar surface area (TPSA) is 20.3 Å². The van der Waals surface area contributed by atoms with Gasteiger partial charge >= 0.3 is 0 Å². The van der Waals surface area contributed by atoms with Crippen LogP contribution in [0.3, 0.4) is 0 Å². The lowest BCUT2D eigenvalue weighted by atomic mass is 9.78. The number of fused-ring (bicyclic) bond motifs is 1. The third-order valence-electron chi connectivity index (χ3n) is 4.66. The molecule has 2 unspecified atom stereocenters. The molecule has 3 rings (SSSR count). The van der Waals surface area contributed by atoms with Crippen LogP contribution < -0.4 is 0 Å². The Morgan fingerprint density at radius 1 is 1.20 bits per heavy atom. The van der Waals surface area contributed by atoms with Crippen molar-refractivity contribution >= 4 is 21.8 Å². The van der Waals surface area contributed by atoms with Crippen LogP contribution >= 0.6 is 15.9 Å². The van der Waals surface area contributed by atoms with Gasteiger partial charge in [-0.2, -0.15) is 0 Å². The van der Waals surface area contributed by atoms with E-state index in [2.05, 4.69) is 15.9 Å². The van der Waals surface area contributed by atoms with E-state index in [4.69, 9.17) is 0 Å². The summed E-state index contributed by atoms with van der Waals surface area (Å²) < 4.78 is 14.7. The fraction of sp³-hybridized carbons (Fsp3) is 0.562. The second-order valence-electron chi connectivity index (χ2n) is 5.88. The van der Waals surface area contributed by atoms with Crippen LogP contribution in [0.4, 0.5) is 4.39 Å². The number of piperidine rings is 1. The van der Waals surface area contributed by atoms with Gasteiger partial charge in [0, 0.05) is 17.1 Å². The van der Waals surface area contributed by atoms with Gasteiger partial charge in [-0.3, -0.25) is 4.79 Å². The number of amides is 1. The summed E-state index contributed by atoms with van der Waals surface area (Å²) in [4.78, 5) is 14.6. The molecule has 1 aromatic rings. The van der Waals surface area contributed by atoms with E-state index in [-0.39, 0.29) is 11.5 Å². The molecule has 20 heavy (non-hydrogen) atoms. The highest BCUT2D eigenvalue weighted by Gasteiger charge is 2.36. The van der Waals surface area contributed by atoms with Crippen molar-refractivity contribution in [1.29, 1.82) is 0 Å². The van der Waals surface area contributed by atoms with Crippen molar-refractivity contribution in [2.75, 3.05) is 6.54 Å². The standard InChI is InChI=1S/C16H19BrFNO/c17-12-7-8-14(18)13(10-12)16(20)19-9-3-5-11-4-1-2-6-15(11)19/h7-8,10-11,15H,1-6,9H2. The molecule has 4 heteroatoms. The summed E-state index contributed by atoms with van der Waals surface area (Å²) in [7, 11) is 0. The summed E-state index contributed by atoms with van der Waals surface area (Å²) in [5.74, 6) is 0.0631. The minimum absolute atomic E-state index is 0.139. The van der Waals surface area contributed by atoms with Gasteiger partial charge in [0.2, 0.25) is 0 Å². The zero-order valence-corrected chi connectivity index (χ0v) is 13.0. The first-order valence-corrected chi connectivity index (χ1v) is 8.22. The van der Waals surface area contributed by atoms with E-state index in [0.29, 0.717) is 12.0 Å². The lowest BCUT2D eigenvalue weighted by Gasteiger charge is -2.44. The number of carbonyl (C=O) groups is 1. The van der Waals surface area contributed by atoms with Gasteiger partial charge in [0.25, 0.3) is 5.91 Å². The van der Waals surface area contributed by atoms with E-state index in [1.165, 1.54) is 31.7 Å². The monoisotopic (exact) mass is 339 g/mol. The van der Waals surface area contributed by atoms with Gasteiger partial charge in [0.15, 0.2) is 0 Å². The lowest BCUT2D eigenvalue weighted by Crippen LogP contribution is -2.49. The molecule has 2 nitrogen and oxygen atoms in total. The number of hydrogen-bond acceptors (Lipinski definition) is 1. The van der Waals surface area contributed by atoms with Gasteiger partial charge in [-0.1, -0.05) is 28.8 Å². The lowest BCUT2D eigenvalue weighted by molar-refractivity contribution is 0.0386. The predicted octanol–water partition coefficient (Wildman–Crippen LogP) is 4.38. The normalized spacial score (nSPS) is 26.2. The molecule has 2 atom stereocenters. The molecule has 1 amide bonds. The minimum atomic E-state index is -0.420. The SMILES string of the molecule is O=C(c1cc(Br)ccc1F)N1CCCC2CCCCC21. The van der Waals surface area contributed by atoms with Gasteiger partial charge in [0.05, 0.1) is 5.56 Å². The molecule has 0 aromatic heterocycles. The third-order valence-corrected chi connectivity index (χ3v) is 5.16. The maximum atomic E-state index is 13.9. The zero-order chi connectivity index (χ0) is 14.1. The largest absolute Gasteiger partial charge is 0.335 e. The minimum Gasteiger partial charge on any atom is -0.335 e. The first-order chi connectivity index (χ1) is 9.66. The first kappa shape index (κ1) is 14.1. The molecule has 2 aliphatic rings. The van der Waals surface area contributed by atoms with E-state index in [9.17, 15) is 9.18 Å². The zero-order valence-electron chi connectivity index (χ0n) is 11.4. The van der Waals surface area contributed by atoms with Gasteiger partial charge in [-0.15, -0.1) is 0 Å². The van der Waals surface area contributed by atoms with Gasteiger partial charge in [-0.05, 0) is 49.8 Å². The Labute approximate surface area is 127 Å². The Hall–Kier alpha value is -0.900. The van der Waals surface area contributed by atoms with Crippen LogP contribution in [0.2, 0.25) is 0 Å². The van der Waals surface area contributed by atoms with E-state index < -0.39 is 5.82 Å². The molecule has 1 aromatic carbocycles. The van der Waals surface area contributed by atoms with Gasteiger partial charge in [0.1, 0.15) is 5.82 Å². The Kier molecular flexibility index (Phi) is 4.11. The maximum Gasteiger partial charge on any atom is 0.257 e. The number of rotatable bonds is 1. The smallest absolute Gasteiger partial charge is 0.257 e. The highest BCUT2D eigenvalue weighted by Crippen LogP contribution is 2.36. The molecule has 0 spiro atoms. The summed E-state index contributed by atoms with van der Waals surface area (Å²) in [5, 5.41) is 0. The first-order valence-electron chi connectivity index (χ1n) is 7.43. The quantitative estimate of drug-likeness (QED) is 0.743. The van der Waals surface area contributed by atoms with Crippen LogP contribution in [-0.2, 0) is 0 Å². The predicted molar refractivity (Wildman–Crippen MR) is 80.1 cm³/mol. The highest BCUT2D eigenvalue weighted by atomic mass is 79.9. The van der Waals surface area contributed by atoms with E-state index in [1.807, 2.05) is 4.90 Å². The number of carbonyl (C=O) groups excluding carboxylic acids is 1. The second kappa shape index (κ2) is 5.84. The average molecular weight is 340 g/mol. The fourth-order valence-electron chi connectivity index (χ4n) is 3.69. The third kappa shape index (κ3) is 2.62. The van der Waals surface area contributed by atoms with Crippen molar-refractivity contribution in [3.05, 3.63) is 34.1 Å². The van der Waals surface area contributed by atoms with Crippen LogP contribution in [0.5, 0.6) is 0 Å². The molecule has 108 valence electrons. The summed E-state index contributed by atoms with van der Waals surface area (Å²) >= 11 is 3.32. The number of halogens is 2. The van der Waals surface area contributed by atoms with Crippen LogP contribution in [0.15, 0.2) is 22.7 Å². The second-order valence-corrected chi connectivity index (χ2v) is 6.79. The Morgan fingerprint density at radius 2 is 1.95 bits per heavy atom. The van der Waals surface area contributed by atoms with Crippen molar-refractivity contribution in [2.45, 2.75) is 44.6 Å². The number of hydrogen-bond donors (Lipinski definition) is 0. The molecule has 1 saturated carbocycles. The van der Waals surface area contributed by atoms with Crippen molar-refractivity contribution in [1.82, 2.24) is 4.90 Å². The maximum absolute atomic E-state index is 13.9. The molecule has 2 fully saturated rings. The fourth-order valence-corrected chi connectivity index (χ4v) is 4.05. The molecule has 1 heterocycles. The number of likely N-dealkylation sites (tertiary alicyclic amines) is 1. The molecular weight excluding hydrogens is 321 g/mol. The average Bonchev–Trinajstić information content (AvgIpc) is 2.48. The van der Waals surface area contributed by atoms with Crippen LogP contribution in [0.25, 0.3) is 0 Å². The van der Waals surface area contributed by atoms with Crippen LogP contribution in [0.1, 0.15) is 48.9 Å². The molecule has 1 aliphatic carbocycles. The Bertz CT molecular complexity index is 517. The number of nitrogens with zero attached hydrogens (tertiary/aromatic N) is 1. The van der Waals surface area contributed by atoms with E-state index in [0.717, 1.165) is 23.9 Å². The van der Waals surface area contributed by atoms with Crippen molar-refractivity contribution in [3.8, 4) is 0 Å². The van der Waals surface area contributed by atoms with E-state index in [1.54, 1.807) is 12.1 Å². The Morgan fingerprint density at radius 3 is 2.80 bits per heavy atom. The van der Waals surface area contributed by atoms with E-state index >= 15 is 0 Å². The van der Waals surface area contributed by atoms with Crippen molar-refractivity contribution in [2.24, 2.45) is 5.92 Å². The molecule has 1 saturated heterocycles.